The summed E-state index contributed by atoms with van der Waals surface area (Å²) in [5, 5.41) is 0. The molecule has 2 bridgehead atoms. The first kappa shape index (κ1) is 12.4. The van der Waals surface area contributed by atoms with Gasteiger partial charge in [-0.05, 0) is 68.5 Å². The largest absolute Gasteiger partial charge is 0.306 e. The van der Waals surface area contributed by atoms with Crippen LogP contribution < -0.4 is 0 Å². The van der Waals surface area contributed by atoms with E-state index >= 15 is 0 Å². The zero-order valence-electron chi connectivity index (χ0n) is 11.8. The monoisotopic (exact) mass is 223 g/mol. The summed E-state index contributed by atoms with van der Waals surface area (Å²) in [6.07, 6.45) is 5.69. The Morgan fingerprint density at radius 1 is 1.00 bits per heavy atom. The lowest BCUT2D eigenvalue weighted by Crippen LogP contribution is -2.48. The van der Waals surface area contributed by atoms with E-state index in [-0.39, 0.29) is 0 Å². The molecular formula is C15H29N. The fourth-order valence-corrected chi connectivity index (χ4v) is 3.81. The highest BCUT2D eigenvalue weighted by atomic mass is 15.1. The Hall–Kier alpha value is -0.0400. The molecule has 0 aromatic carbocycles. The molecule has 0 radical (unpaired) electrons. The van der Waals surface area contributed by atoms with Crippen LogP contribution in [0.5, 0.6) is 0 Å². The second-order valence-electron chi connectivity index (χ2n) is 7.58. The zero-order valence-corrected chi connectivity index (χ0v) is 11.8. The number of hydrogen-bond acceptors (Lipinski definition) is 1. The van der Waals surface area contributed by atoms with Gasteiger partial charge in [-0.2, -0.15) is 0 Å². The molecule has 2 saturated heterocycles. The first-order chi connectivity index (χ1) is 7.32. The Morgan fingerprint density at radius 2 is 1.62 bits per heavy atom. The molecule has 3 rings (SSSR count). The minimum Gasteiger partial charge on any atom is -0.306 e. The highest BCUT2D eigenvalue weighted by Crippen LogP contribution is 2.57. The predicted molar refractivity (Wildman–Crippen MR) is 70.5 cm³/mol. The van der Waals surface area contributed by atoms with Crippen LogP contribution in [0.25, 0.3) is 0 Å². The van der Waals surface area contributed by atoms with Crippen molar-refractivity contribution >= 4 is 0 Å². The Balaban J connectivity index is 2.08. The fourth-order valence-electron chi connectivity index (χ4n) is 3.81. The van der Waals surface area contributed by atoms with Crippen molar-refractivity contribution in [3.05, 3.63) is 0 Å². The third-order valence-corrected chi connectivity index (χ3v) is 5.58. The van der Waals surface area contributed by atoms with Gasteiger partial charge in [0, 0.05) is 0 Å². The van der Waals surface area contributed by atoms with Crippen LogP contribution in [-0.4, -0.2) is 25.0 Å². The maximum Gasteiger partial charge on any atom is -0.00165 e. The van der Waals surface area contributed by atoms with Crippen molar-refractivity contribution in [2.75, 3.05) is 20.1 Å². The van der Waals surface area contributed by atoms with Gasteiger partial charge in [-0.25, -0.2) is 0 Å². The van der Waals surface area contributed by atoms with Crippen LogP contribution in [0.4, 0.5) is 0 Å². The molecule has 1 heteroatoms. The normalized spacial score (nSPS) is 44.8. The van der Waals surface area contributed by atoms with Crippen LogP contribution in [-0.2, 0) is 0 Å². The van der Waals surface area contributed by atoms with Crippen molar-refractivity contribution in [3.63, 3.8) is 0 Å². The minimum atomic E-state index is 0.547. The van der Waals surface area contributed by atoms with Crippen molar-refractivity contribution in [2.24, 2.45) is 22.7 Å². The van der Waals surface area contributed by atoms with Crippen LogP contribution in [0.2, 0.25) is 0 Å². The van der Waals surface area contributed by atoms with Crippen molar-refractivity contribution in [3.8, 4) is 0 Å². The standard InChI is InChI=1S/C15H29N/c1-12-13-10-14(2,3)6-8-16(5)9-7-15(12,4)11-13/h12-13H,6-11H2,1-5H3/t12-,13+,15-/m1/s1. The molecule has 0 aromatic heterocycles. The van der Waals surface area contributed by atoms with E-state index < -0.39 is 0 Å². The van der Waals surface area contributed by atoms with Gasteiger partial charge < -0.3 is 4.90 Å². The molecular weight excluding hydrogens is 194 g/mol. The van der Waals surface area contributed by atoms with E-state index in [0.29, 0.717) is 10.8 Å². The molecule has 3 aliphatic rings. The lowest BCUT2D eigenvalue weighted by Gasteiger charge is -2.55. The Kier molecular flexibility index (Phi) is 3.11. The second kappa shape index (κ2) is 4.01. The fraction of sp³-hybridized carbons (Fsp3) is 1.00. The summed E-state index contributed by atoms with van der Waals surface area (Å²) in [7, 11) is 2.29. The highest BCUT2D eigenvalue weighted by molar-refractivity contribution is 4.98. The van der Waals surface area contributed by atoms with Gasteiger partial charge in [0.25, 0.3) is 0 Å². The van der Waals surface area contributed by atoms with E-state index in [2.05, 4.69) is 39.6 Å². The van der Waals surface area contributed by atoms with Gasteiger partial charge in [0.05, 0.1) is 0 Å². The van der Waals surface area contributed by atoms with E-state index in [1.807, 2.05) is 0 Å². The molecule has 2 heterocycles. The maximum atomic E-state index is 2.54. The summed E-state index contributed by atoms with van der Waals surface area (Å²) >= 11 is 0. The van der Waals surface area contributed by atoms with Crippen LogP contribution in [0, 0.1) is 22.7 Å². The Bertz CT molecular complexity index is 258. The summed E-state index contributed by atoms with van der Waals surface area (Å²) in [5.74, 6) is 1.95. The topological polar surface area (TPSA) is 3.24 Å². The van der Waals surface area contributed by atoms with E-state index in [1.165, 1.54) is 38.8 Å². The lowest BCUT2D eigenvalue weighted by atomic mass is 9.51. The van der Waals surface area contributed by atoms with Gasteiger partial charge in [-0.1, -0.05) is 27.7 Å². The summed E-state index contributed by atoms with van der Waals surface area (Å²) < 4.78 is 0. The van der Waals surface area contributed by atoms with Crippen LogP contribution >= 0.6 is 0 Å². The van der Waals surface area contributed by atoms with Crippen molar-refractivity contribution in [1.82, 2.24) is 4.90 Å². The van der Waals surface area contributed by atoms with Crippen LogP contribution in [0.1, 0.15) is 53.4 Å². The number of rotatable bonds is 0. The molecule has 1 nitrogen and oxygen atoms in total. The summed E-state index contributed by atoms with van der Waals surface area (Å²) in [4.78, 5) is 2.54. The molecule has 3 fully saturated rings. The van der Waals surface area contributed by atoms with Gasteiger partial charge in [0.1, 0.15) is 0 Å². The lowest BCUT2D eigenvalue weighted by molar-refractivity contribution is -0.0566. The molecule has 0 aromatic rings. The van der Waals surface area contributed by atoms with E-state index in [0.717, 1.165) is 11.8 Å². The van der Waals surface area contributed by atoms with Crippen molar-refractivity contribution in [1.29, 1.82) is 0 Å². The summed E-state index contributed by atoms with van der Waals surface area (Å²) in [5.41, 5.74) is 1.19. The molecule has 0 unspecified atom stereocenters. The number of hydrogen-bond donors (Lipinski definition) is 0. The zero-order chi connectivity index (χ0) is 12.0. The smallest absolute Gasteiger partial charge is 0.00165 e. The second-order valence-corrected chi connectivity index (χ2v) is 7.58. The third kappa shape index (κ3) is 2.30. The highest BCUT2D eigenvalue weighted by Gasteiger charge is 2.48. The molecule has 2 aliphatic heterocycles. The quantitative estimate of drug-likeness (QED) is 0.604. The van der Waals surface area contributed by atoms with Crippen LogP contribution in [0.3, 0.4) is 0 Å². The number of fused-ring (bicyclic) bond motifs is 6. The first-order valence-corrected chi connectivity index (χ1v) is 7.01. The molecule has 1 aliphatic carbocycles. The predicted octanol–water partition coefficient (Wildman–Crippen LogP) is 3.79. The van der Waals surface area contributed by atoms with Gasteiger partial charge in [0.2, 0.25) is 0 Å². The Morgan fingerprint density at radius 3 is 2.25 bits per heavy atom. The Labute approximate surface area is 102 Å². The minimum absolute atomic E-state index is 0.547. The van der Waals surface area contributed by atoms with Gasteiger partial charge in [0.15, 0.2) is 0 Å². The third-order valence-electron chi connectivity index (χ3n) is 5.58. The maximum absolute atomic E-state index is 2.54. The average Bonchev–Trinajstić information content (AvgIpc) is 2.21. The number of nitrogens with zero attached hydrogens (tertiary/aromatic N) is 1. The molecule has 0 amide bonds. The molecule has 0 N–H and O–H groups in total. The molecule has 3 atom stereocenters. The first-order valence-electron chi connectivity index (χ1n) is 7.01. The van der Waals surface area contributed by atoms with E-state index in [4.69, 9.17) is 0 Å². The summed E-state index contributed by atoms with van der Waals surface area (Å²) in [6.45, 7) is 12.5. The molecule has 16 heavy (non-hydrogen) atoms. The summed E-state index contributed by atoms with van der Waals surface area (Å²) in [6, 6.07) is 0. The molecule has 94 valence electrons. The van der Waals surface area contributed by atoms with Crippen molar-refractivity contribution in [2.45, 2.75) is 53.4 Å². The van der Waals surface area contributed by atoms with Gasteiger partial charge in [-0.3, -0.25) is 0 Å². The SMILES string of the molecule is C[C@@H]1[C@H]2CC(C)(C)CCN(C)CC[C@]1(C)C2. The van der Waals surface area contributed by atoms with E-state index in [9.17, 15) is 0 Å². The molecule has 0 spiro atoms. The van der Waals surface area contributed by atoms with Gasteiger partial charge >= 0.3 is 0 Å². The van der Waals surface area contributed by atoms with Gasteiger partial charge in [-0.15, -0.1) is 0 Å². The molecule has 1 saturated carbocycles. The van der Waals surface area contributed by atoms with Crippen molar-refractivity contribution < 1.29 is 0 Å². The van der Waals surface area contributed by atoms with Crippen LogP contribution in [0.15, 0.2) is 0 Å². The average molecular weight is 223 g/mol. The van der Waals surface area contributed by atoms with E-state index in [1.54, 1.807) is 0 Å².